The van der Waals surface area contributed by atoms with Crippen molar-refractivity contribution in [2.24, 2.45) is 11.7 Å². The summed E-state index contributed by atoms with van der Waals surface area (Å²) < 4.78 is 10.9. The second kappa shape index (κ2) is 8.41. The van der Waals surface area contributed by atoms with Gasteiger partial charge in [-0.2, -0.15) is 0 Å². The highest BCUT2D eigenvalue weighted by molar-refractivity contribution is 5.90. The molecule has 2 amide bonds. The van der Waals surface area contributed by atoms with Gasteiger partial charge >= 0.3 is 0 Å². The second-order valence-electron chi connectivity index (χ2n) is 6.01. The van der Waals surface area contributed by atoms with Crippen molar-refractivity contribution in [1.82, 2.24) is 5.32 Å². The van der Waals surface area contributed by atoms with Gasteiger partial charge in [-0.3, -0.25) is 9.59 Å². The normalized spacial score (nSPS) is 13.3. The fourth-order valence-electron chi connectivity index (χ4n) is 2.36. The van der Waals surface area contributed by atoms with Crippen LogP contribution < -0.4 is 20.5 Å². The van der Waals surface area contributed by atoms with Gasteiger partial charge in [0.15, 0.2) is 18.1 Å². The van der Waals surface area contributed by atoms with Crippen LogP contribution in [0.3, 0.4) is 0 Å². The highest BCUT2D eigenvalue weighted by Crippen LogP contribution is 2.26. The van der Waals surface area contributed by atoms with Gasteiger partial charge in [-0.1, -0.05) is 26.0 Å². The van der Waals surface area contributed by atoms with Gasteiger partial charge in [0.05, 0.1) is 6.61 Å². The molecule has 0 spiro atoms. The molecule has 0 fully saturated rings. The third-order valence-corrected chi connectivity index (χ3v) is 3.28. The van der Waals surface area contributed by atoms with Crippen LogP contribution in [0.4, 0.5) is 0 Å². The van der Waals surface area contributed by atoms with Crippen LogP contribution in [-0.2, 0) is 9.59 Å². The van der Waals surface area contributed by atoms with E-state index in [0.717, 1.165) is 0 Å². The summed E-state index contributed by atoms with van der Waals surface area (Å²) >= 11 is 0. The summed E-state index contributed by atoms with van der Waals surface area (Å²) in [5, 5.41) is 2.67. The van der Waals surface area contributed by atoms with Gasteiger partial charge in [0.2, 0.25) is 5.91 Å². The minimum atomic E-state index is -1.09. The average molecular weight is 322 g/mol. The maximum absolute atomic E-state index is 12.1. The number of rotatable bonds is 9. The van der Waals surface area contributed by atoms with Gasteiger partial charge in [0.1, 0.15) is 5.54 Å². The molecule has 6 heteroatoms. The van der Waals surface area contributed by atoms with Crippen LogP contribution in [0.25, 0.3) is 0 Å². The lowest BCUT2D eigenvalue weighted by atomic mass is 9.90. The zero-order chi connectivity index (χ0) is 17.5. The zero-order valence-corrected chi connectivity index (χ0v) is 14.2. The molecule has 0 aliphatic heterocycles. The molecule has 0 bridgehead atoms. The van der Waals surface area contributed by atoms with Crippen molar-refractivity contribution >= 4 is 11.8 Å². The Morgan fingerprint density at radius 2 is 1.78 bits per heavy atom. The predicted octanol–water partition coefficient (Wildman–Crippen LogP) is 1.87. The molecule has 23 heavy (non-hydrogen) atoms. The number of carbonyl (C=O) groups is 2. The Morgan fingerprint density at radius 3 is 2.26 bits per heavy atom. The SMILES string of the molecule is CCOc1ccccc1OCC(=O)N[C@@](C)(CC(C)C)C(N)=O. The lowest BCUT2D eigenvalue weighted by Gasteiger charge is -2.29. The molecular weight excluding hydrogens is 296 g/mol. The highest BCUT2D eigenvalue weighted by atomic mass is 16.5. The summed E-state index contributed by atoms with van der Waals surface area (Å²) in [5.74, 6) is 0.302. The quantitative estimate of drug-likeness (QED) is 0.726. The standard InChI is InChI=1S/C17H26N2O4/c1-5-22-13-8-6-7-9-14(13)23-11-15(20)19-17(4,16(18)21)10-12(2)3/h6-9,12H,5,10-11H2,1-4H3,(H2,18,21)(H,19,20)/t17-/m0/s1. The molecule has 1 aromatic carbocycles. The van der Waals surface area contributed by atoms with Crippen LogP contribution in [0.5, 0.6) is 11.5 Å². The van der Waals surface area contributed by atoms with E-state index in [1.165, 1.54) is 0 Å². The zero-order valence-electron chi connectivity index (χ0n) is 14.2. The van der Waals surface area contributed by atoms with Crippen LogP contribution in [0.1, 0.15) is 34.1 Å². The summed E-state index contributed by atoms with van der Waals surface area (Å²) in [6, 6.07) is 7.11. The fourth-order valence-corrected chi connectivity index (χ4v) is 2.36. The van der Waals surface area contributed by atoms with Crippen molar-refractivity contribution < 1.29 is 19.1 Å². The average Bonchev–Trinajstić information content (AvgIpc) is 2.45. The molecule has 0 aliphatic carbocycles. The number of primary amides is 1. The van der Waals surface area contributed by atoms with Crippen molar-refractivity contribution in [2.75, 3.05) is 13.2 Å². The Morgan fingerprint density at radius 1 is 1.22 bits per heavy atom. The van der Waals surface area contributed by atoms with Crippen molar-refractivity contribution in [3.05, 3.63) is 24.3 Å². The Kier molecular flexibility index (Phi) is 6.88. The van der Waals surface area contributed by atoms with Gasteiger partial charge in [0, 0.05) is 0 Å². The number of carbonyl (C=O) groups excluding carboxylic acids is 2. The lowest BCUT2D eigenvalue weighted by Crippen LogP contribution is -2.57. The minimum absolute atomic E-state index is 0.215. The summed E-state index contributed by atoms with van der Waals surface area (Å²) in [5.41, 5.74) is 4.33. The van der Waals surface area contributed by atoms with E-state index in [-0.39, 0.29) is 12.5 Å². The predicted molar refractivity (Wildman–Crippen MR) is 88.3 cm³/mol. The van der Waals surface area contributed by atoms with E-state index in [4.69, 9.17) is 15.2 Å². The van der Waals surface area contributed by atoms with Gasteiger partial charge in [-0.25, -0.2) is 0 Å². The molecule has 3 N–H and O–H groups in total. The molecule has 0 aromatic heterocycles. The monoisotopic (exact) mass is 322 g/mol. The molecule has 0 radical (unpaired) electrons. The number of para-hydroxylation sites is 2. The first-order valence-corrected chi connectivity index (χ1v) is 7.74. The summed E-state index contributed by atoms with van der Waals surface area (Å²) in [7, 11) is 0. The minimum Gasteiger partial charge on any atom is -0.490 e. The van der Waals surface area contributed by atoms with Crippen molar-refractivity contribution in [1.29, 1.82) is 0 Å². The van der Waals surface area contributed by atoms with Gasteiger partial charge in [-0.05, 0) is 38.3 Å². The fraction of sp³-hybridized carbons (Fsp3) is 0.529. The van der Waals surface area contributed by atoms with Gasteiger partial charge < -0.3 is 20.5 Å². The molecule has 0 aliphatic rings. The van der Waals surface area contributed by atoms with E-state index < -0.39 is 17.4 Å². The third kappa shape index (κ3) is 5.81. The molecular formula is C17H26N2O4. The maximum atomic E-state index is 12.1. The van der Waals surface area contributed by atoms with Crippen LogP contribution in [0, 0.1) is 5.92 Å². The second-order valence-corrected chi connectivity index (χ2v) is 6.01. The van der Waals surface area contributed by atoms with Crippen LogP contribution >= 0.6 is 0 Å². The molecule has 0 saturated heterocycles. The first-order valence-electron chi connectivity index (χ1n) is 7.74. The first-order chi connectivity index (χ1) is 10.8. The Bertz CT molecular complexity index is 545. The molecule has 0 unspecified atom stereocenters. The highest BCUT2D eigenvalue weighted by Gasteiger charge is 2.33. The van der Waals surface area contributed by atoms with E-state index in [2.05, 4.69) is 5.32 Å². The van der Waals surface area contributed by atoms with Crippen LogP contribution in [0.15, 0.2) is 24.3 Å². The number of nitrogens with one attached hydrogen (secondary N) is 1. The Balaban J connectivity index is 2.68. The van der Waals surface area contributed by atoms with Crippen molar-refractivity contribution in [3.63, 3.8) is 0 Å². The van der Waals surface area contributed by atoms with Crippen molar-refractivity contribution in [2.45, 2.75) is 39.7 Å². The molecule has 0 heterocycles. The Labute approximate surface area is 137 Å². The molecule has 1 aromatic rings. The van der Waals surface area contributed by atoms with E-state index in [0.29, 0.717) is 24.5 Å². The lowest BCUT2D eigenvalue weighted by molar-refractivity contribution is -0.132. The van der Waals surface area contributed by atoms with Crippen molar-refractivity contribution in [3.8, 4) is 11.5 Å². The summed E-state index contributed by atoms with van der Waals surface area (Å²) in [4.78, 5) is 23.8. The molecule has 1 atom stereocenters. The molecule has 6 nitrogen and oxygen atoms in total. The van der Waals surface area contributed by atoms with E-state index >= 15 is 0 Å². The van der Waals surface area contributed by atoms with E-state index in [1.807, 2.05) is 26.8 Å². The summed E-state index contributed by atoms with van der Waals surface area (Å²) in [6.07, 6.45) is 0.462. The number of amides is 2. The number of ether oxygens (including phenoxy) is 2. The smallest absolute Gasteiger partial charge is 0.258 e. The number of hydrogen-bond acceptors (Lipinski definition) is 4. The number of hydrogen-bond donors (Lipinski definition) is 2. The van der Waals surface area contributed by atoms with Gasteiger partial charge in [-0.15, -0.1) is 0 Å². The third-order valence-electron chi connectivity index (χ3n) is 3.28. The maximum Gasteiger partial charge on any atom is 0.258 e. The molecule has 128 valence electrons. The number of nitrogens with two attached hydrogens (primary N) is 1. The summed E-state index contributed by atoms with van der Waals surface area (Å²) in [6.45, 7) is 7.70. The van der Waals surface area contributed by atoms with Crippen LogP contribution in [0.2, 0.25) is 0 Å². The van der Waals surface area contributed by atoms with Gasteiger partial charge in [0.25, 0.3) is 5.91 Å². The van der Waals surface area contributed by atoms with Crippen LogP contribution in [-0.4, -0.2) is 30.6 Å². The van der Waals surface area contributed by atoms with E-state index in [1.54, 1.807) is 25.1 Å². The Hall–Kier alpha value is -2.24. The first kappa shape index (κ1) is 18.8. The van der Waals surface area contributed by atoms with E-state index in [9.17, 15) is 9.59 Å². The molecule has 0 saturated carbocycles. The topological polar surface area (TPSA) is 90.7 Å². The largest absolute Gasteiger partial charge is 0.490 e. The number of benzene rings is 1. The molecule has 1 rings (SSSR count).